The summed E-state index contributed by atoms with van der Waals surface area (Å²) < 4.78 is 0. The first-order valence-corrected chi connectivity index (χ1v) is 10.4. The van der Waals surface area contributed by atoms with Crippen molar-refractivity contribution in [3.05, 3.63) is 35.4 Å². The van der Waals surface area contributed by atoms with Crippen LogP contribution in [-0.2, 0) is 17.9 Å². The molecule has 2 atom stereocenters. The Hall–Kier alpha value is -0.810. The van der Waals surface area contributed by atoms with Gasteiger partial charge >= 0.3 is 0 Å². The molecule has 2 aliphatic rings. The molecule has 1 aromatic carbocycles. The molecular weight excluding hydrogens is 393 g/mol. The van der Waals surface area contributed by atoms with Crippen LogP contribution in [0.15, 0.2) is 24.3 Å². The number of nitrogens with two attached hydrogens (primary N) is 1. The first-order chi connectivity index (χ1) is 12.6. The third kappa shape index (κ3) is 6.35. The molecule has 2 bridgehead atoms. The number of benzene rings is 1. The number of nitrogens with zero attached hydrogens (tertiary/aromatic N) is 1. The lowest BCUT2D eigenvalue weighted by atomic mass is 9.65. The molecule has 1 amide bonds. The molecule has 28 heavy (non-hydrogen) atoms. The maximum absolute atomic E-state index is 12.6. The summed E-state index contributed by atoms with van der Waals surface area (Å²) in [6.45, 7) is 8.15. The van der Waals surface area contributed by atoms with Crippen molar-refractivity contribution < 1.29 is 4.79 Å². The van der Waals surface area contributed by atoms with Crippen LogP contribution in [0.5, 0.6) is 0 Å². The van der Waals surface area contributed by atoms with E-state index in [4.69, 9.17) is 5.73 Å². The van der Waals surface area contributed by atoms with E-state index in [1.54, 1.807) is 0 Å². The molecule has 3 rings (SSSR count). The minimum Gasteiger partial charge on any atom is -0.352 e. The highest BCUT2D eigenvalue weighted by atomic mass is 35.5. The minimum atomic E-state index is 0. The van der Waals surface area contributed by atoms with Crippen molar-refractivity contribution in [1.82, 2.24) is 10.2 Å². The lowest BCUT2D eigenvalue weighted by Gasteiger charge is -2.43. The summed E-state index contributed by atoms with van der Waals surface area (Å²) in [5, 5.41) is 3.17. The number of carbonyl (C=O) groups excluding carboxylic acids is 1. The van der Waals surface area contributed by atoms with Gasteiger partial charge in [0.05, 0.1) is 0 Å². The van der Waals surface area contributed by atoms with Crippen LogP contribution in [0.25, 0.3) is 0 Å². The predicted octanol–water partition coefficient (Wildman–Crippen LogP) is 4.14. The van der Waals surface area contributed by atoms with E-state index in [9.17, 15) is 4.79 Å². The van der Waals surface area contributed by atoms with Crippen LogP contribution in [0.2, 0.25) is 0 Å². The van der Waals surface area contributed by atoms with Gasteiger partial charge in [-0.05, 0) is 61.7 Å². The summed E-state index contributed by atoms with van der Waals surface area (Å²) in [7, 11) is 0. The molecule has 0 saturated heterocycles. The van der Waals surface area contributed by atoms with Gasteiger partial charge in [-0.3, -0.25) is 9.69 Å². The Labute approximate surface area is 182 Å². The molecule has 2 saturated carbocycles. The quantitative estimate of drug-likeness (QED) is 0.684. The highest BCUT2D eigenvalue weighted by Gasteiger charge is 2.40. The molecule has 6 heteroatoms. The molecule has 0 aliphatic heterocycles. The van der Waals surface area contributed by atoms with Crippen molar-refractivity contribution in [2.45, 2.75) is 65.1 Å². The normalized spacial score (nSPS) is 26.1. The van der Waals surface area contributed by atoms with E-state index in [0.717, 1.165) is 32.5 Å². The molecule has 0 radical (unpaired) electrons. The predicted molar refractivity (Wildman–Crippen MR) is 121 cm³/mol. The fourth-order valence-corrected chi connectivity index (χ4v) is 4.80. The van der Waals surface area contributed by atoms with Crippen LogP contribution in [0.4, 0.5) is 0 Å². The Morgan fingerprint density at radius 2 is 1.57 bits per heavy atom. The average Bonchev–Trinajstić information content (AvgIpc) is 2.65. The zero-order valence-corrected chi connectivity index (χ0v) is 18.9. The molecular formula is C22H37Cl2N3O. The van der Waals surface area contributed by atoms with Crippen molar-refractivity contribution >= 4 is 30.7 Å². The van der Waals surface area contributed by atoms with Gasteiger partial charge in [-0.25, -0.2) is 0 Å². The summed E-state index contributed by atoms with van der Waals surface area (Å²) in [4.78, 5) is 15.0. The van der Waals surface area contributed by atoms with Crippen molar-refractivity contribution in [2.75, 3.05) is 13.1 Å². The Bertz CT molecular complexity index is 578. The van der Waals surface area contributed by atoms with E-state index < -0.39 is 0 Å². The fraction of sp³-hybridized carbons (Fsp3) is 0.682. The van der Waals surface area contributed by atoms with Crippen LogP contribution < -0.4 is 11.1 Å². The van der Waals surface area contributed by atoms with Gasteiger partial charge in [0.2, 0.25) is 5.91 Å². The number of fused-ring (bicyclic) bond motifs is 2. The Morgan fingerprint density at radius 1 is 1.04 bits per heavy atom. The third-order valence-electron chi connectivity index (χ3n) is 6.57. The van der Waals surface area contributed by atoms with E-state index in [1.165, 1.54) is 30.4 Å². The number of hydrogen-bond donors (Lipinski definition) is 2. The molecule has 3 N–H and O–H groups in total. The first-order valence-electron chi connectivity index (χ1n) is 10.4. The van der Waals surface area contributed by atoms with Crippen molar-refractivity contribution in [3.8, 4) is 0 Å². The molecule has 0 aromatic heterocycles. The van der Waals surface area contributed by atoms with Crippen molar-refractivity contribution in [2.24, 2.45) is 23.5 Å². The van der Waals surface area contributed by atoms with E-state index >= 15 is 0 Å². The lowest BCUT2D eigenvalue weighted by molar-refractivity contribution is -0.128. The van der Waals surface area contributed by atoms with E-state index in [0.29, 0.717) is 24.4 Å². The lowest BCUT2D eigenvalue weighted by Crippen LogP contribution is -2.49. The second kappa shape index (κ2) is 12.0. The topological polar surface area (TPSA) is 58.4 Å². The summed E-state index contributed by atoms with van der Waals surface area (Å²) in [5.74, 6) is 1.49. The van der Waals surface area contributed by atoms with E-state index in [-0.39, 0.29) is 36.6 Å². The number of amides is 1. The van der Waals surface area contributed by atoms with E-state index in [1.807, 2.05) is 0 Å². The second-order valence-corrected chi connectivity index (χ2v) is 8.19. The maximum atomic E-state index is 12.6. The Kier molecular flexibility index (Phi) is 10.8. The largest absolute Gasteiger partial charge is 0.352 e. The first kappa shape index (κ1) is 25.2. The van der Waals surface area contributed by atoms with Gasteiger partial charge in [-0.1, -0.05) is 44.5 Å². The van der Waals surface area contributed by atoms with Crippen LogP contribution >= 0.6 is 24.8 Å². The molecule has 4 nitrogen and oxygen atoms in total. The van der Waals surface area contributed by atoms with Gasteiger partial charge < -0.3 is 11.1 Å². The smallest absolute Gasteiger partial charge is 0.223 e. The molecule has 2 aliphatic carbocycles. The standard InChI is InChI=1S/C22H35N3O.2ClH/c1-3-25(4-2)15-17-10-8-16(9-11-17)14-24-22(26)20-12-18-6-5-7-19(13-20)21(18)23;;/h8-11,18-21H,3-7,12-15,23H2,1-2H3,(H,24,26);2*1H. The SMILES string of the molecule is CCN(CC)Cc1ccc(CNC(=O)C2CC3CCCC(C2)C3N)cc1.Cl.Cl. The Morgan fingerprint density at radius 3 is 2.11 bits per heavy atom. The maximum Gasteiger partial charge on any atom is 0.223 e. The summed E-state index contributed by atoms with van der Waals surface area (Å²) in [5.41, 5.74) is 8.85. The van der Waals surface area contributed by atoms with Gasteiger partial charge in [-0.2, -0.15) is 0 Å². The monoisotopic (exact) mass is 429 g/mol. The summed E-state index contributed by atoms with van der Waals surface area (Å²) in [6.07, 6.45) is 5.65. The molecule has 2 unspecified atom stereocenters. The van der Waals surface area contributed by atoms with Gasteiger partial charge in [0.15, 0.2) is 0 Å². The average molecular weight is 430 g/mol. The van der Waals surface area contributed by atoms with Crippen LogP contribution in [0.3, 0.4) is 0 Å². The summed E-state index contributed by atoms with van der Waals surface area (Å²) in [6, 6.07) is 8.98. The van der Waals surface area contributed by atoms with Gasteiger partial charge in [0, 0.05) is 25.0 Å². The molecule has 2 fully saturated rings. The highest BCUT2D eigenvalue weighted by Crippen LogP contribution is 2.41. The van der Waals surface area contributed by atoms with Gasteiger partial charge in [0.25, 0.3) is 0 Å². The second-order valence-electron chi connectivity index (χ2n) is 8.19. The highest BCUT2D eigenvalue weighted by molar-refractivity contribution is 5.85. The van der Waals surface area contributed by atoms with Crippen LogP contribution in [-0.4, -0.2) is 29.9 Å². The van der Waals surface area contributed by atoms with Crippen LogP contribution in [0, 0.1) is 17.8 Å². The zero-order chi connectivity index (χ0) is 18.5. The molecule has 160 valence electrons. The number of carbonyl (C=O) groups is 1. The van der Waals surface area contributed by atoms with Crippen LogP contribution in [0.1, 0.15) is 57.1 Å². The number of halogens is 2. The Balaban J connectivity index is 0.00000196. The minimum absolute atomic E-state index is 0. The summed E-state index contributed by atoms with van der Waals surface area (Å²) >= 11 is 0. The number of hydrogen-bond acceptors (Lipinski definition) is 3. The van der Waals surface area contributed by atoms with E-state index in [2.05, 4.69) is 48.3 Å². The van der Waals surface area contributed by atoms with Crippen molar-refractivity contribution in [1.29, 1.82) is 0 Å². The molecule has 0 spiro atoms. The fourth-order valence-electron chi connectivity index (χ4n) is 4.80. The van der Waals surface area contributed by atoms with Gasteiger partial charge in [-0.15, -0.1) is 24.8 Å². The van der Waals surface area contributed by atoms with Gasteiger partial charge in [0.1, 0.15) is 0 Å². The zero-order valence-electron chi connectivity index (χ0n) is 17.2. The molecule has 1 aromatic rings. The number of rotatable bonds is 7. The molecule has 0 heterocycles. The van der Waals surface area contributed by atoms with Crippen molar-refractivity contribution in [3.63, 3.8) is 0 Å². The number of nitrogens with one attached hydrogen (secondary N) is 1. The third-order valence-corrected chi connectivity index (χ3v) is 6.57.